The van der Waals surface area contributed by atoms with Crippen LogP contribution in [0.4, 0.5) is 8.78 Å². The summed E-state index contributed by atoms with van der Waals surface area (Å²) in [5.41, 5.74) is 0. The van der Waals surface area contributed by atoms with Gasteiger partial charge in [-0.2, -0.15) is 0 Å². The van der Waals surface area contributed by atoms with E-state index < -0.39 is 30.2 Å². The molecule has 0 aromatic heterocycles. The zero-order chi connectivity index (χ0) is 20.9. The second-order valence-electron chi connectivity index (χ2n) is 8.69. The first-order valence-electron chi connectivity index (χ1n) is 10.6. The zero-order valence-corrected chi connectivity index (χ0v) is 17.0. The predicted molar refractivity (Wildman–Crippen MR) is 100 cm³/mol. The van der Waals surface area contributed by atoms with E-state index in [0.717, 1.165) is 19.3 Å². The van der Waals surface area contributed by atoms with E-state index in [1.807, 2.05) is 6.92 Å². The molecule has 162 valence electrons. The third-order valence-electron chi connectivity index (χ3n) is 6.50. The Morgan fingerprint density at radius 1 is 1.32 bits per heavy atom. The van der Waals surface area contributed by atoms with Gasteiger partial charge in [0.1, 0.15) is 5.78 Å². The third-order valence-corrected chi connectivity index (χ3v) is 6.50. The summed E-state index contributed by atoms with van der Waals surface area (Å²) in [6.45, 7) is 3.57. The molecule has 2 fully saturated rings. The predicted octanol–water partition coefficient (Wildman–Crippen LogP) is 4.56. The van der Waals surface area contributed by atoms with Crippen LogP contribution in [0.5, 0.6) is 0 Å². The second kappa shape index (κ2) is 9.61. The van der Waals surface area contributed by atoms with Crippen LogP contribution < -0.4 is 0 Å². The van der Waals surface area contributed by atoms with Crippen molar-refractivity contribution in [3.05, 3.63) is 0 Å². The van der Waals surface area contributed by atoms with Gasteiger partial charge in [-0.15, -0.1) is 0 Å². The molecule has 0 amide bonds. The summed E-state index contributed by atoms with van der Waals surface area (Å²) in [6.07, 6.45) is 3.79. The van der Waals surface area contributed by atoms with Crippen molar-refractivity contribution in [2.45, 2.75) is 102 Å². The summed E-state index contributed by atoms with van der Waals surface area (Å²) in [4.78, 5) is 22.9. The molecule has 7 heteroatoms. The number of fused-ring (bicyclic) bond motifs is 1. The minimum atomic E-state index is -3.33. The molecule has 0 aromatic carbocycles. The highest BCUT2D eigenvalue weighted by Crippen LogP contribution is 2.50. The third kappa shape index (κ3) is 5.50. The van der Waals surface area contributed by atoms with Gasteiger partial charge >= 0.3 is 11.9 Å². The van der Waals surface area contributed by atoms with Crippen LogP contribution in [0.1, 0.15) is 84.5 Å². The Morgan fingerprint density at radius 2 is 2.00 bits per heavy atom. The van der Waals surface area contributed by atoms with Gasteiger partial charge in [0.05, 0.1) is 6.10 Å². The lowest BCUT2D eigenvalue weighted by Crippen LogP contribution is -2.56. The second-order valence-corrected chi connectivity index (χ2v) is 8.69. The monoisotopic (exact) mass is 404 g/mol. The molecule has 2 rings (SSSR count). The number of halogens is 2. The molecule has 1 unspecified atom stereocenters. The first-order chi connectivity index (χ1) is 13.1. The molecule has 5 atom stereocenters. The molecule has 1 saturated heterocycles. The number of alkyl halides is 2. The fourth-order valence-corrected chi connectivity index (χ4v) is 4.57. The first-order valence-corrected chi connectivity index (χ1v) is 10.6. The van der Waals surface area contributed by atoms with E-state index in [0.29, 0.717) is 25.7 Å². The summed E-state index contributed by atoms with van der Waals surface area (Å²) in [5, 5.41) is 19.2. The smallest absolute Gasteiger partial charge is 0.303 e. The fraction of sp³-hybridized carbons (Fsp3) is 0.905. The van der Waals surface area contributed by atoms with Crippen LogP contribution in [0.2, 0.25) is 0 Å². The van der Waals surface area contributed by atoms with Crippen LogP contribution in [-0.4, -0.2) is 39.8 Å². The fourth-order valence-electron chi connectivity index (χ4n) is 4.57. The molecular weight excluding hydrogens is 370 g/mol. The summed E-state index contributed by atoms with van der Waals surface area (Å²) in [5.74, 6) is -7.11. The highest BCUT2D eigenvalue weighted by molar-refractivity contribution is 5.84. The van der Waals surface area contributed by atoms with Gasteiger partial charge in [0.2, 0.25) is 5.79 Å². The molecule has 2 N–H and O–H groups in total. The minimum Gasteiger partial charge on any atom is -0.481 e. The van der Waals surface area contributed by atoms with E-state index in [2.05, 4.69) is 0 Å². The Morgan fingerprint density at radius 3 is 2.64 bits per heavy atom. The van der Waals surface area contributed by atoms with Crippen molar-refractivity contribution in [2.24, 2.45) is 17.8 Å². The molecule has 1 heterocycles. The van der Waals surface area contributed by atoms with E-state index in [9.17, 15) is 23.5 Å². The Bertz CT molecular complexity index is 553. The maximum absolute atomic E-state index is 14.7. The molecule has 1 saturated carbocycles. The number of ether oxygens (including phenoxy) is 1. The van der Waals surface area contributed by atoms with Crippen molar-refractivity contribution in [1.29, 1.82) is 0 Å². The maximum Gasteiger partial charge on any atom is 0.303 e. The number of aliphatic carboxylic acids is 1. The van der Waals surface area contributed by atoms with Crippen LogP contribution in [0, 0.1) is 17.8 Å². The van der Waals surface area contributed by atoms with Gasteiger partial charge in [-0.3, -0.25) is 9.59 Å². The van der Waals surface area contributed by atoms with Crippen LogP contribution in [-0.2, 0) is 14.3 Å². The Labute approximate surface area is 165 Å². The molecule has 0 radical (unpaired) electrons. The van der Waals surface area contributed by atoms with Crippen molar-refractivity contribution in [2.75, 3.05) is 0 Å². The lowest BCUT2D eigenvalue weighted by atomic mass is 9.81. The molecule has 5 nitrogen and oxygen atoms in total. The van der Waals surface area contributed by atoms with Gasteiger partial charge in [-0.05, 0) is 31.1 Å². The van der Waals surface area contributed by atoms with Crippen LogP contribution in [0.15, 0.2) is 0 Å². The van der Waals surface area contributed by atoms with E-state index in [4.69, 9.17) is 9.84 Å². The van der Waals surface area contributed by atoms with Crippen molar-refractivity contribution in [3.8, 4) is 0 Å². The van der Waals surface area contributed by atoms with Crippen molar-refractivity contribution >= 4 is 11.8 Å². The largest absolute Gasteiger partial charge is 0.481 e. The van der Waals surface area contributed by atoms with Crippen molar-refractivity contribution in [1.82, 2.24) is 0 Å². The molecule has 1 aliphatic carbocycles. The number of carbonyl (C=O) groups excluding carboxylic acids is 1. The molecule has 0 bridgehead atoms. The van der Waals surface area contributed by atoms with Crippen molar-refractivity contribution in [3.63, 3.8) is 0 Å². The van der Waals surface area contributed by atoms with Gasteiger partial charge in [-0.25, -0.2) is 8.78 Å². The van der Waals surface area contributed by atoms with E-state index in [1.54, 1.807) is 6.92 Å². The topological polar surface area (TPSA) is 83.8 Å². The molecular formula is C21H34F2O5. The highest BCUT2D eigenvalue weighted by Gasteiger charge is 2.60. The summed E-state index contributed by atoms with van der Waals surface area (Å²) >= 11 is 0. The van der Waals surface area contributed by atoms with Gasteiger partial charge in [0.15, 0.2) is 0 Å². The number of rotatable bonds is 11. The van der Waals surface area contributed by atoms with E-state index in [1.165, 1.54) is 0 Å². The first kappa shape index (κ1) is 23.2. The van der Waals surface area contributed by atoms with E-state index >= 15 is 0 Å². The minimum absolute atomic E-state index is 0.0371. The van der Waals surface area contributed by atoms with Gasteiger partial charge in [0, 0.05) is 31.6 Å². The SMILES string of the molecule is CC[C@H](C)CC(F)(F)C1(O)CC[C@H]2[C@@H](CC(=O)[C@@H]2CCCCCCC(=O)O)O1. The van der Waals surface area contributed by atoms with Crippen molar-refractivity contribution < 1.29 is 33.3 Å². The summed E-state index contributed by atoms with van der Waals surface area (Å²) in [7, 11) is 0. The Balaban J connectivity index is 1.87. The average molecular weight is 404 g/mol. The van der Waals surface area contributed by atoms with E-state index in [-0.39, 0.29) is 42.8 Å². The van der Waals surface area contributed by atoms with Crippen LogP contribution in [0.3, 0.4) is 0 Å². The summed E-state index contributed by atoms with van der Waals surface area (Å²) in [6, 6.07) is 0. The Kier molecular flexibility index (Phi) is 7.97. The molecule has 0 aromatic rings. The molecule has 2 aliphatic rings. The number of Topliss-reactive ketones (excluding diaryl/α,β-unsaturated/α-hetero) is 1. The average Bonchev–Trinajstić information content (AvgIpc) is 2.91. The van der Waals surface area contributed by atoms with Crippen LogP contribution in [0.25, 0.3) is 0 Å². The van der Waals surface area contributed by atoms with Gasteiger partial charge in [-0.1, -0.05) is 39.5 Å². The number of hydrogen-bond acceptors (Lipinski definition) is 4. The van der Waals surface area contributed by atoms with Crippen LogP contribution >= 0.6 is 0 Å². The highest BCUT2D eigenvalue weighted by atomic mass is 19.3. The maximum atomic E-state index is 14.7. The molecule has 0 spiro atoms. The number of ketones is 1. The number of aliphatic hydroxyl groups is 1. The molecule has 1 aliphatic heterocycles. The zero-order valence-electron chi connectivity index (χ0n) is 17.0. The quantitative estimate of drug-likeness (QED) is 0.493. The number of unbranched alkanes of at least 4 members (excludes halogenated alkanes) is 3. The van der Waals surface area contributed by atoms with Gasteiger partial charge < -0.3 is 14.9 Å². The Hall–Kier alpha value is -1.08. The molecule has 28 heavy (non-hydrogen) atoms. The van der Waals surface area contributed by atoms with Gasteiger partial charge in [0.25, 0.3) is 0 Å². The lowest BCUT2D eigenvalue weighted by molar-refractivity contribution is -0.358. The number of carboxylic acids is 1. The number of carboxylic acid groups (broad SMARTS) is 1. The number of hydrogen-bond donors (Lipinski definition) is 2. The normalized spacial score (nSPS) is 31.6. The number of carbonyl (C=O) groups is 2. The standard InChI is InChI=1S/C21H34F2O5/c1-3-14(2)13-20(22,23)21(27)11-10-16-15(17(24)12-18(16)28-21)8-6-4-5-7-9-19(25)26/h14-16,18,27H,3-13H2,1-2H3,(H,25,26)/t14-,15+,16+,18+,21?/m0/s1. The summed E-state index contributed by atoms with van der Waals surface area (Å²) < 4.78 is 34.8. The lowest BCUT2D eigenvalue weighted by Gasteiger charge is -2.44.